The number of guanidine groups is 1. The second-order valence-corrected chi connectivity index (χ2v) is 20.0. The van der Waals surface area contributed by atoms with Crippen LogP contribution in [0.1, 0.15) is 75.1 Å². The number of aromatic amines is 2. The summed E-state index contributed by atoms with van der Waals surface area (Å²) in [4.78, 5) is 135. The zero-order valence-electron chi connectivity index (χ0n) is 42.6. The number of nitrogens with one attached hydrogen (secondary N) is 11. The quantitative estimate of drug-likeness (QED) is 0.0115. The number of thiol groups is 2. The zero-order chi connectivity index (χ0) is 55.6. The van der Waals surface area contributed by atoms with Crippen LogP contribution in [0.4, 0.5) is 4.79 Å². The van der Waals surface area contributed by atoms with Gasteiger partial charge >= 0.3 is 6.03 Å². The van der Waals surface area contributed by atoms with Gasteiger partial charge in [-0.1, -0.05) is 80.6 Å². The maximum atomic E-state index is 14.6. The van der Waals surface area contributed by atoms with Gasteiger partial charge in [-0.25, -0.2) is 14.7 Å². The van der Waals surface area contributed by atoms with Crippen molar-refractivity contribution in [3.63, 3.8) is 0 Å². The van der Waals surface area contributed by atoms with Crippen molar-refractivity contribution in [1.29, 1.82) is 5.41 Å². The maximum Gasteiger partial charge on any atom is 0.325 e. The van der Waals surface area contributed by atoms with E-state index in [0.717, 1.165) is 47.9 Å². The number of aromatic nitrogens is 3. The van der Waals surface area contributed by atoms with Crippen molar-refractivity contribution in [1.82, 2.24) is 62.4 Å². The second-order valence-electron chi connectivity index (χ2n) is 19.3. The number of urea groups is 1. The van der Waals surface area contributed by atoms with Gasteiger partial charge in [-0.3, -0.25) is 43.8 Å². The van der Waals surface area contributed by atoms with Gasteiger partial charge in [-0.15, -0.1) is 0 Å². The minimum atomic E-state index is -1.40. The molecule has 2 aromatic carbocycles. The van der Waals surface area contributed by atoms with E-state index in [1.54, 1.807) is 36.5 Å². The average Bonchev–Trinajstić information content (AvgIpc) is 4.15. The number of nitrogens with zero attached hydrogens (tertiary/aromatic N) is 2. The average molecular weight is 1100 g/mol. The lowest BCUT2D eigenvalue weighted by Gasteiger charge is -2.28. The Morgan fingerprint density at radius 2 is 1.34 bits per heavy atom. The molecule has 0 bridgehead atoms. The van der Waals surface area contributed by atoms with E-state index in [1.165, 1.54) is 19.4 Å². The Labute approximate surface area is 456 Å². The van der Waals surface area contributed by atoms with Gasteiger partial charge in [0.15, 0.2) is 5.96 Å². The Kier molecular flexibility index (Phi) is 21.7. The van der Waals surface area contributed by atoms with Gasteiger partial charge in [0.2, 0.25) is 41.4 Å². The van der Waals surface area contributed by atoms with Gasteiger partial charge in [0.25, 0.3) is 5.91 Å². The number of para-hydroxylation sites is 1. The van der Waals surface area contributed by atoms with E-state index in [4.69, 9.17) is 16.9 Å². The maximum absolute atomic E-state index is 14.6. The van der Waals surface area contributed by atoms with Gasteiger partial charge in [0.05, 0.1) is 6.33 Å². The van der Waals surface area contributed by atoms with Crippen LogP contribution in [-0.2, 0) is 57.6 Å². The number of carbonyl (C=O) groups excluding carboxylic acids is 9. The van der Waals surface area contributed by atoms with E-state index < -0.39 is 102 Å². The Bertz CT molecular complexity index is 2720. The molecular weight excluding hydrogens is 1030 g/mol. The standard InChI is InChI=1S/C51H69N15O9S2/c1-28(59-48(73)41(26-77)66-49(74)39(65-51(66)75)20-30-13-6-3-7-14-30)43(68)61-38(22-32-24-55-27-58-32)47(72)62-36(19-29-11-4-2-5-12-29)45(70)60-35(17-10-18-56-50(53)54)44(69)63-37(46(71)64-40(25-76)42(52)67)21-31-23-57-34-16-9-8-15-33(31)34/h2,4-5,8-9,11-12,15-16,23-24,27-28,30,35-41,57,76-77H,3,6-7,10,13-14,17-22,25-26H2,1H3,(H2,52,67)(H,55,58)(H,59,73)(H,60,70)(H,61,68)(H,62,72)(H,63,69)(H,64,71)(H,65,75)(H4,53,54,56)/t28-,35+,36-,37+,38+,39+,40+,41+/m1/s1. The molecule has 2 aromatic heterocycles. The predicted octanol–water partition coefficient (Wildman–Crippen LogP) is -0.285. The van der Waals surface area contributed by atoms with Crippen LogP contribution < -0.4 is 54.0 Å². The van der Waals surface area contributed by atoms with Crippen LogP contribution in [0, 0.1) is 11.3 Å². The van der Waals surface area contributed by atoms with E-state index in [-0.39, 0.29) is 62.0 Å². The summed E-state index contributed by atoms with van der Waals surface area (Å²) in [6, 6.07) is 5.14. The number of hydrogen-bond donors (Lipinski definition) is 15. The molecular formula is C51H69N15O9S2. The van der Waals surface area contributed by atoms with Crippen LogP contribution >= 0.6 is 25.3 Å². The number of imide groups is 1. The molecule has 4 aromatic rings. The lowest BCUT2D eigenvalue weighted by Crippen LogP contribution is -2.61. The van der Waals surface area contributed by atoms with Gasteiger partial charge < -0.3 is 64.0 Å². The fourth-order valence-electron chi connectivity index (χ4n) is 9.42. The number of hydrogen-bond acceptors (Lipinski definition) is 13. The highest BCUT2D eigenvalue weighted by Crippen LogP contribution is 2.29. The number of H-pyrrole nitrogens is 2. The topological polar surface area (TPSA) is 373 Å². The van der Waals surface area contributed by atoms with Crippen LogP contribution in [0.5, 0.6) is 0 Å². The summed E-state index contributed by atoms with van der Waals surface area (Å²) >= 11 is 8.44. The second kappa shape index (κ2) is 28.5. The molecule has 6 rings (SSSR count). The molecule has 77 heavy (non-hydrogen) atoms. The highest BCUT2D eigenvalue weighted by atomic mass is 32.1. The monoisotopic (exact) mass is 1100 g/mol. The van der Waals surface area contributed by atoms with Crippen molar-refractivity contribution in [2.45, 2.75) is 126 Å². The molecule has 15 N–H and O–H groups in total. The third kappa shape index (κ3) is 16.7. The highest BCUT2D eigenvalue weighted by molar-refractivity contribution is 7.80. The van der Waals surface area contributed by atoms with Crippen molar-refractivity contribution in [2.24, 2.45) is 17.4 Å². The molecule has 1 saturated heterocycles. The number of imidazole rings is 1. The molecule has 24 nitrogen and oxygen atoms in total. The number of primary amides is 1. The normalized spacial score (nSPS) is 17.3. The number of carbonyl (C=O) groups is 9. The van der Waals surface area contributed by atoms with E-state index in [2.05, 4.69) is 82.7 Å². The van der Waals surface area contributed by atoms with Crippen LogP contribution in [0.3, 0.4) is 0 Å². The molecule has 10 amide bonds. The smallest absolute Gasteiger partial charge is 0.325 e. The number of benzene rings is 2. The van der Waals surface area contributed by atoms with Crippen molar-refractivity contribution < 1.29 is 43.2 Å². The molecule has 0 spiro atoms. The van der Waals surface area contributed by atoms with Crippen LogP contribution in [0.15, 0.2) is 73.3 Å². The SMILES string of the molecule is C[C@@H](NC(=O)[C@H](CS)N1C(=O)N[C@@H](CC2CCCCC2)C1=O)C(=O)N[C@@H](Cc1cnc[nH]1)C(=O)N[C@H](Cc1ccccc1)C(=O)N[C@@H](CCCNC(=N)N)C(=O)N[C@@H](Cc1c[nH]c2ccccc12)C(=O)N[C@@H](CS)C(N)=O. The van der Waals surface area contributed by atoms with Crippen molar-refractivity contribution in [3.05, 3.63) is 90.1 Å². The Morgan fingerprint density at radius 1 is 0.727 bits per heavy atom. The van der Waals surface area contributed by atoms with Crippen molar-refractivity contribution in [3.8, 4) is 0 Å². The molecule has 0 unspecified atom stereocenters. The predicted molar refractivity (Wildman–Crippen MR) is 292 cm³/mol. The molecule has 2 aliphatic rings. The number of fused-ring (bicyclic) bond motifs is 1. The molecule has 1 aliphatic carbocycles. The van der Waals surface area contributed by atoms with Gasteiger partial charge in [-0.2, -0.15) is 25.3 Å². The van der Waals surface area contributed by atoms with Gasteiger partial charge in [-0.05, 0) is 49.3 Å². The fraction of sp³-hybridized carbons (Fsp3) is 0.471. The Morgan fingerprint density at radius 3 is 1.97 bits per heavy atom. The van der Waals surface area contributed by atoms with Crippen molar-refractivity contribution >= 4 is 95.4 Å². The van der Waals surface area contributed by atoms with E-state index in [1.807, 2.05) is 24.3 Å². The summed E-state index contributed by atoms with van der Waals surface area (Å²) in [5, 5.41) is 29.8. The first-order valence-electron chi connectivity index (χ1n) is 25.6. The lowest BCUT2D eigenvalue weighted by molar-refractivity contribution is -0.137. The molecule has 8 atom stereocenters. The highest BCUT2D eigenvalue weighted by Gasteiger charge is 2.45. The fourth-order valence-corrected chi connectivity index (χ4v) is 10.0. The number of nitrogens with two attached hydrogens (primary N) is 2. The summed E-state index contributed by atoms with van der Waals surface area (Å²) in [6.07, 6.45) is 9.85. The summed E-state index contributed by atoms with van der Waals surface area (Å²) in [5.41, 5.74) is 13.5. The van der Waals surface area contributed by atoms with Crippen LogP contribution in [0.25, 0.3) is 10.9 Å². The zero-order valence-corrected chi connectivity index (χ0v) is 44.4. The first-order valence-corrected chi connectivity index (χ1v) is 26.8. The third-order valence-corrected chi connectivity index (χ3v) is 14.3. The minimum absolute atomic E-state index is 0.0559. The van der Waals surface area contributed by atoms with E-state index >= 15 is 0 Å². The molecule has 2 fully saturated rings. The van der Waals surface area contributed by atoms with Crippen LogP contribution in [-0.4, -0.2) is 145 Å². The summed E-state index contributed by atoms with van der Waals surface area (Å²) in [6.45, 7) is 1.48. The molecule has 1 aliphatic heterocycles. The largest absolute Gasteiger partial charge is 0.370 e. The van der Waals surface area contributed by atoms with E-state index in [0.29, 0.717) is 23.2 Å². The Hall–Kier alpha value is -7.61. The first-order chi connectivity index (χ1) is 37.0. The molecule has 26 heteroatoms. The number of amides is 10. The lowest BCUT2D eigenvalue weighted by atomic mass is 9.85. The van der Waals surface area contributed by atoms with Crippen LogP contribution in [0.2, 0.25) is 0 Å². The minimum Gasteiger partial charge on any atom is -0.370 e. The van der Waals surface area contributed by atoms with E-state index in [9.17, 15) is 43.2 Å². The Balaban J connectivity index is 1.20. The summed E-state index contributed by atoms with van der Waals surface area (Å²) in [5.74, 6) is -6.71. The van der Waals surface area contributed by atoms with Gasteiger partial charge in [0.1, 0.15) is 48.3 Å². The molecule has 3 heterocycles. The van der Waals surface area contributed by atoms with Crippen molar-refractivity contribution in [2.75, 3.05) is 18.1 Å². The molecule has 0 radical (unpaired) electrons. The third-order valence-electron chi connectivity index (χ3n) is 13.6. The molecule has 1 saturated carbocycles. The summed E-state index contributed by atoms with van der Waals surface area (Å²) in [7, 11) is 0. The first kappa shape index (κ1) is 58.6. The van der Waals surface area contributed by atoms with Gasteiger partial charge in [0, 0.05) is 66.3 Å². The molecule has 414 valence electrons. The summed E-state index contributed by atoms with van der Waals surface area (Å²) < 4.78 is 0. The number of rotatable bonds is 28.